The number of carbonyl (C=O) groups excluding carboxylic acids is 1. The van der Waals surface area contributed by atoms with Gasteiger partial charge in [0.05, 0.1) is 13.7 Å². The summed E-state index contributed by atoms with van der Waals surface area (Å²) in [7, 11) is 1.38. The Morgan fingerprint density at radius 3 is 2.47 bits per heavy atom. The van der Waals surface area contributed by atoms with E-state index in [1.165, 1.54) is 12.7 Å². The fourth-order valence-electron chi connectivity index (χ4n) is 1.93. The second kappa shape index (κ2) is 7.60. The zero-order valence-electron chi connectivity index (χ0n) is 11.8. The van der Waals surface area contributed by atoms with Crippen LogP contribution in [-0.2, 0) is 16.0 Å². The number of benzene rings is 1. The van der Waals surface area contributed by atoms with E-state index in [9.17, 15) is 4.79 Å². The number of methoxy groups -OCH3 is 1. The van der Waals surface area contributed by atoms with Crippen molar-refractivity contribution in [1.29, 1.82) is 0 Å². The molecule has 0 amide bonds. The van der Waals surface area contributed by atoms with Crippen molar-refractivity contribution in [1.82, 2.24) is 5.32 Å². The SMILES string of the molecule is C#CCNC(C(=O)OC)c1ccc(CC(C)C)cc1. The largest absolute Gasteiger partial charge is 0.468 e. The van der Waals surface area contributed by atoms with Gasteiger partial charge in [-0.25, -0.2) is 4.79 Å². The van der Waals surface area contributed by atoms with Gasteiger partial charge in [0.1, 0.15) is 6.04 Å². The summed E-state index contributed by atoms with van der Waals surface area (Å²) in [6.07, 6.45) is 6.24. The minimum Gasteiger partial charge on any atom is -0.468 e. The first-order valence-corrected chi connectivity index (χ1v) is 6.42. The van der Waals surface area contributed by atoms with Crippen molar-refractivity contribution in [2.45, 2.75) is 26.3 Å². The van der Waals surface area contributed by atoms with Crippen molar-refractivity contribution < 1.29 is 9.53 Å². The molecule has 0 radical (unpaired) electrons. The smallest absolute Gasteiger partial charge is 0.327 e. The number of rotatable bonds is 6. The summed E-state index contributed by atoms with van der Waals surface area (Å²) in [5.41, 5.74) is 2.13. The van der Waals surface area contributed by atoms with Crippen molar-refractivity contribution in [2.24, 2.45) is 5.92 Å². The number of ether oxygens (including phenoxy) is 1. The molecule has 0 aliphatic heterocycles. The molecule has 0 fully saturated rings. The minimum absolute atomic E-state index is 0.327. The van der Waals surface area contributed by atoms with Crippen molar-refractivity contribution in [3.05, 3.63) is 35.4 Å². The van der Waals surface area contributed by atoms with Crippen LogP contribution in [0.2, 0.25) is 0 Å². The zero-order valence-corrected chi connectivity index (χ0v) is 11.8. The first-order chi connectivity index (χ1) is 9.08. The Labute approximate surface area is 115 Å². The second-order valence-electron chi connectivity index (χ2n) is 4.88. The van der Waals surface area contributed by atoms with E-state index in [0.717, 1.165) is 12.0 Å². The predicted molar refractivity (Wildman–Crippen MR) is 76.6 cm³/mol. The summed E-state index contributed by atoms with van der Waals surface area (Å²) in [6.45, 7) is 4.69. The van der Waals surface area contributed by atoms with Gasteiger partial charge in [0, 0.05) is 0 Å². The van der Waals surface area contributed by atoms with Crippen LogP contribution < -0.4 is 5.32 Å². The second-order valence-corrected chi connectivity index (χ2v) is 4.88. The molecule has 0 bridgehead atoms. The maximum absolute atomic E-state index is 11.7. The summed E-state index contributed by atoms with van der Waals surface area (Å²) >= 11 is 0. The Kier molecular flexibility index (Phi) is 6.11. The molecule has 0 heterocycles. The van der Waals surface area contributed by atoms with Crippen LogP contribution in [0.4, 0.5) is 0 Å². The molecule has 0 aromatic heterocycles. The normalized spacial score (nSPS) is 11.9. The Morgan fingerprint density at radius 2 is 2.00 bits per heavy atom. The maximum atomic E-state index is 11.7. The Morgan fingerprint density at radius 1 is 1.37 bits per heavy atom. The van der Waals surface area contributed by atoms with E-state index in [0.29, 0.717) is 12.5 Å². The molecule has 1 aromatic carbocycles. The molecule has 1 N–H and O–H groups in total. The highest BCUT2D eigenvalue weighted by molar-refractivity contribution is 5.77. The lowest BCUT2D eigenvalue weighted by atomic mass is 9.99. The van der Waals surface area contributed by atoms with Crippen LogP contribution in [0.15, 0.2) is 24.3 Å². The summed E-state index contributed by atoms with van der Waals surface area (Å²) in [5.74, 6) is 2.75. The molecule has 0 spiro atoms. The molecule has 1 unspecified atom stereocenters. The number of hydrogen-bond donors (Lipinski definition) is 1. The zero-order chi connectivity index (χ0) is 14.3. The molecule has 19 heavy (non-hydrogen) atoms. The lowest BCUT2D eigenvalue weighted by molar-refractivity contribution is -0.143. The Balaban J connectivity index is 2.84. The molecule has 1 aromatic rings. The Bertz CT molecular complexity index is 443. The van der Waals surface area contributed by atoms with Gasteiger partial charge in [-0.2, -0.15) is 0 Å². The number of terminal acetylenes is 1. The fourth-order valence-corrected chi connectivity index (χ4v) is 1.93. The van der Waals surface area contributed by atoms with Crippen LogP contribution in [0.1, 0.15) is 31.0 Å². The molecular formula is C16H21NO2. The van der Waals surface area contributed by atoms with Crippen LogP contribution >= 0.6 is 0 Å². The molecule has 0 saturated carbocycles. The van der Waals surface area contributed by atoms with Gasteiger partial charge >= 0.3 is 5.97 Å². The van der Waals surface area contributed by atoms with Crippen LogP contribution in [-0.4, -0.2) is 19.6 Å². The highest BCUT2D eigenvalue weighted by Crippen LogP contribution is 2.17. The summed E-state index contributed by atoms with van der Waals surface area (Å²) < 4.78 is 4.79. The third-order valence-corrected chi connectivity index (χ3v) is 2.80. The van der Waals surface area contributed by atoms with Gasteiger partial charge in [0.25, 0.3) is 0 Å². The van der Waals surface area contributed by atoms with Crippen LogP contribution in [0.25, 0.3) is 0 Å². The predicted octanol–water partition coefficient (Wildman–Crippen LogP) is 2.32. The van der Waals surface area contributed by atoms with Crippen LogP contribution in [0, 0.1) is 18.3 Å². The lowest BCUT2D eigenvalue weighted by Crippen LogP contribution is -2.29. The standard InChI is InChI=1S/C16H21NO2/c1-5-10-17-15(16(18)19-4)14-8-6-13(7-9-14)11-12(2)3/h1,6-9,12,15,17H,10-11H2,2-4H3. The van der Waals surface area contributed by atoms with Crippen molar-refractivity contribution in [2.75, 3.05) is 13.7 Å². The summed E-state index contributed by atoms with van der Waals surface area (Å²) in [5, 5.41) is 2.99. The van der Waals surface area contributed by atoms with Crippen molar-refractivity contribution in [3.63, 3.8) is 0 Å². The molecule has 3 heteroatoms. The molecule has 102 valence electrons. The third-order valence-electron chi connectivity index (χ3n) is 2.80. The van der Waals surface area contributed by atoms with Crippen LogP contribution in [0.5, 0.6) is 0 Å². The molecular weight excluding hydrogens is 238 g/mol. The molecule has 0 aliphatic carbocycles. The van der Waals surface area contributed by atoms with E-state index in [1.54, 1.807) is 0 Å². The van der Waals surface area contributed by atoms with E-state index in [2.05, 4.69) is 25.1 Å². The van der Waals surface area contributed by atoms with Gasteiger partial charge in [0.15, 0.2) is 0 Å². The summed E-state index contributed by atoms with van der Waals surface area (Å²) in [6, 6.07) is 7.48. The van der Waals surface area contributed by atoms with Gasteiger partial charge < -0.3 is 4.74 Å². The average molecular weight is 259 g/mol. The lowest BCUT2D eigenvalue weighted by Gasteiger charge is -2.16. The molecule has 0 saturated heterocycles. The van der Waals surface area contributed by atoms with Crippen molar-refractivity contribution in [3.8, 4) is 12.3 Å². The van der Waals surface area contributed by atoms with E-state index in [-0.39, 0.29) is 5.97 Å². The third kappa shape index (κ3) is 4.76. The Hall–Kier alpha value is -1.79. The average Bonchev–Trinajstić information content (AvgIpc) is 2.40. The van der Waals surface area contributed by atoms with E-state index in [4.69, 9.17) is 11.2 Å². The van der Waals surface area contributed by atoms with E-state index >= 15 is 0 Å². The summed E-state index contributed by atoms with van der Waals surface area (Å²) in [4.78, 5) is 11.7. The van der Waals surface area contributed by atoms with Gasteiger partial charge in [-0.05, 0) is 23.5 Å². The van der Waals surface area contributed by atoms with E-state index < -0.39 is 6.04 Å². The topological polar surface area (TPSA) is 38.3 Å². The first kappa shape index (κ1) is 15.3. The number of carbonyl (C=O) groups is 1. The van der Waals surface area contributed by atoms with Gasteiger partial charge in [-0.3, -0.25) is 5.32 Å². The monoisotopic (exact) mass is 259 g/mol. The highest BCUT2D eigenvalue weighted by Gasteiger charge is 2.20. The van der Waals surface area contributed by atoms with Crippen molar-refractivity contribution >= 4 is 5.97 Å². The van der Waals surface area contributed by atoms with Gasteiger partial charge in [0.2, 0.25) is 0 Å². The minimum atomic E-state index is -0.505. The first-order valence-electron chi connectivity index (χ1n) is 6.42. The maximum Gasteiger partial charge on any atom is 0.327 e. The quantitative estimate of drug-likeness (QED) is 0.629. The molecule has 1 atom stereocenters. The fraction of sp³-hybridized carbons (Fsp3) is 0.438. The number of esters is 1. The number of nitrogens with one attached hydrogen (secondary N) is 1. The molecule has 0 aliphatic rings. The molecule has 1 rings (SSSR count). The van der Waals surface area contributed by atoms with E-state index in [1.807, 2.05) is 24.3 Å². The van der Waals surface area contributed by atoms with Gasteiger partial charge in [-0.1, -0.05) is 44.0 Å². The van der Waals surface area contributed by atoms with Gasteiger partial charge in [-0.15, -0.1) is 6.42 Å². The number of hydrogen-bond acceptors (Lipinski definition) is 3. The highest BCUT2D eigenvalue weighted by atomic mass is 16.5. The molecule has 3 nitrogen and oxygen atoms in total. The van der Waals surface area contributed by atoms with Crippen LogP contribution in [0.3, 0.4) is 0 Å².